The summed E-state index contributed by atoms with van der Waals surface area (Å²) in [4.78, 5) is 53.9. The second kappa shape index (κ2) is 12.8. The number of rotatable bonds is 9. The summed E-state index contributed by atoms with van der Waals surface area (Å²) in [5, 5.41) is 5.40. The van der Waals surface area contributed by atoms with Crippen LogP contribution >= 0.6 is 0 Å². The van der Waals surface area contributed by atoms with Gasteiger partial charge in [-0.2, -0.15) is 0 Å². The van der Waals surface area contributed by atoms with Crippen LogP contribution in [0, 0.1) is 0 Å². The zero-order valence-corrected chi connectivity index (χ0v) is 23.4. The number of nitrogens with zero attached hydrogens (tertiary/aromatic N) is 1. The molecule has 9 heteroatoms. The van der Waals surface area contributed by atoms with Gasteiger partial charge in [0.25, 0.3) is 0 Å². The summed E-state index contributed by atoms with van der Waals surface area (Å²) in [6.45, 7) is 8.86. The number of likely N-dealkylation sites (tertiary alicyclic amines) is 1. The first-order valence-electron chi connectivity index (χ1n) is 13.2. The van der Waals surface area contributed by atoms with Gasteiger partial charge in [0.05, 0.1) is 0 Å². The second-order valence-corrected chi connectivity index (χ2v) is 11.3. The van der Waals surface area contributed by atoms with E-state index in [1.807, 2.05) is 60.7 Å². The van der Waals surface area contributed by atoms with Crippen LogP contribution in [0.1, 0.15) is 58.6 Å². The van der Waals surface area contributed by atoms with Crippen molar-refractivity contribution in [3.8, 4) is 0 Å². The van der Waals surface area contributed by atoms with Crippen LogP contribution < -0.4 is 10.6 Å². The molecular weight excluding hydrogens is 498 g/mol. The molecule has 0 unspecified atom stereocenters. The average Bonchev–Trinajstić information content (AvgIpc) is 3.37. The van der Waals surface area contributed by atoms with Gasteiger partial charge in [0.2, 0.25) is 11.8 Å². The molecule has 2 aromatic rings. The number of carbonyl (C=O) groups excluding carboxylic acids is 4. The molecule has 0 aromatic heterocycles. The number of ether oxygens (including phenoxy) is 2. The number of amides is 3. The van der Waals surface area contributed by atoms with Crippen LogP contribution in [-0.4, -0.2) is 58.5 Å². The molecule has 39 heavy (non-hydrogen) atoms. The van der Waals surface area contributed by atoms with Crippen molar-refractivity contribution in [3.63, 3.8) is 0 Å². The van der Waals surface area contributed by atoms with Gasteiger partial charge >= 0.3 is 12.1 Å². The Hall–Kier alpha value is -3.88. The van der Waals surface area contributed by atoms with Crippen molar-refractivity contribution in [2.75, 3.05) is 6.54 Å². The summed E-state index contributed by atoms with van der Waals surface area (Å²) in [5.74, 6) is -1.38. The smallest absolute Gasteiger partial charge is 0.408 e. The van der Waals surface area contributed by atoms with Gasteiger partial charge in [-0.1, -0.05) is 60.7 Å². The van der Waals surface area contributed by atoms with Gasteiger partial charge in [0.15, 0.2) is 0 Å². The van der Waals surface area contributed by atoms with E-state index in [0.717, 1.165) is 11.1 Å². The van der Waals surface area contributed by atoms with E-state index < -0.39 is 41.2 Å². The maximum Gasteiger partial charge on any atom is 0.408 e. The normalized spacial score (nSPS) is 16.2. The van der Waals surface area contributed by atoms with Crippen molar-refractivity contribution in [1.82, 2.24) is 15.5 Å². The molecule has 2 aromatic carbocycles. The highest BCUT2D eigenvalue weighted by Gasteiger charge is 2.41. The molecule has 3 amide bonds. The SMILES string of the molecule is CC(C)(C)OC(=O)[C@H]1CCCN1C(=O)[C@H](Cc1ccccc1)NC(=O)C(C)(C)NC(=O)OCc1ccccc1. The van der Waals surface area contributed by atoms with E-state index >= 15 is 0 Å². The zero-order chi connectivity index (χ0) is 28.6. The van der Waals surface area contributed by atoms with Crippen LogP contribution in [0.15, 0.2) is 60.7 Å². The molecule has 1 fully saturated rings. The fourth-order valence-corrected chi connectivity index (χ4v) is 4.31. The first-order valence-corrected chi connectivity index (χ1v) is 13.2. The lowest BCUT2D eigenvalue weighted by Crippen LogP contribution is -2.60. The van der Waals surface area contributed by atoms with Gasteiger partial charge in [-0.15, -0.1) is 0 Å². The van der Waals surface area contributed by atoms with Crippen LogP contribution in [-0.2, 0) is 36.9 Å². The fourth-order valence-electron chi connectivity index (χ4n) is 4.31. The highest BCUT2D eigenvalue weighted by atomic mass is 16.6. The Balaban J connectivity index is 1.72. The predicted molar refractivity (Wildman–Crippen MR) is 146 cm³/mol. The molecule has 1 aliphatic heterocycles. The lowest BCUT2D eigenvalue weighted by Gasteiger charge is -2.32. The van der Waals surface area contributed by atoms with Crippen molar-refractivity contribution < 1.29 is 28.7 Å². The Bertz CT molecular complexity index is 1140. The maximum absolute atomic E-state index is 13.8. The molecule has 1 heterocycles. The molecule has 3 rings (SSSR count). The molecule has 2 N–H and O–H groups in total. The summed E-state index contributed by atoms with van der Waals surface area (Å²) >= 11 is 0. The van der Waals surface area contributed by atoms with Crippen molar-refractivity contribution in [1.29, 1.82) is 0 Å². The van der Waals surface area contributed by atoms with E-state index in [2.05, 4.69) is 10.6 Å². The van der Waals surface area contributed by atoms with Crippen LogP contribution in [0.3, 0.4) is 0 Å². The molecule has 9 nitrogen and oxygen atoms in total. The molecule has 0 bridgehead atoms. The molecule has 210 valence electrons. The molecule has 0 radical (unpaired) electrons. The first-order chi connectivity index (χ1) is 18.4. The Morgan fingerprint density at radius 1 is 0.923 bits per heavy atom. The van der Waals surface area contributed by atoms with Gasteiger partial charge in [0, 0.05) is 13.0 Å². The number of hydrogen-bond acceptors (Lipinski definition) is 6. The molecule has 0 aliphatic carbocycles. The van der Waals surface area contributed by atoms with Crippen molar-refractivity contribution in [2.45, 2.75) is 83.7 Å². The Morgan fingerprint density at radius 2 is 1.51 bits per heavy atom. The van der Waals surface area contributed by atoms with E-state index in [1.165, 1.54) is 18.7 Å². The third-order valence-corrected chi connectivity index (χ3v) is 6.30. The minimum atomic E-state index is -1.38. The zero-order valence-electron chi connectivity index (χ0n) is 23.4. The van der Waals surface area contributed by atoms with Crippen molar-refractivity contribution in [2.24, 2.45) is 0 Å². The molecule has 0 saturated carbocycles. The van der Waals surface area contributed by atoms with Crippen LogP contribution in [0.4, 0.5) is 4.79 Å². The quantitative estimate of drug-likeness (QED) is 0.471. The number of carbonyl (C=O) groups is 4. The highest BCUT2D eigenvalue weighted by molar-refractivity contribution is 5.95. The van der Waals surface area contributed by atoms with Crippen molar-refractivity contribution in [3.05, 3.63) is 71.8 Å². The van der Waals surface area contributed by atoms with Gasteiger partial charge in [-0.3, -0.25) is 9.59 Å². The Kier molecular flexibility index (Phi) is 9.72. The number of benzene rings is 2. The van der Waals surface area contributed by atoms with Crippen molar-refractivity contribution >= 4 is 23.9 Å². The average molecular weight is 538 g/mol. The molecular formula is C30H39N3O6. The molecule has 2 atom stereocenters. The van der Waals surface area contributed by atoms with Gasteiger partial charge in [0.1, 0.15) is 29.8 Å². The highest BCUT2D eigenvalue weighted by Crippen LogP contribution is 2.23. The number of nitrogens with one attached hydrogen (secondary N) is 2. The first kappa shape index (κ1) is 29.7. The third-order valence-electron chi connectivity index (χ3n) is 6.30. The molecule has 1 aliphatic rings. The Labute approximate surface area is 230 Å². The van der Waals surface area contributed by atoms with Gasteiger partial charge in [-0.25, -0.2) is 9.59 Å². The van der Waals surface area contributed by atoms with E-state index in [1.54, 1.807) is 20.8 Å². The summed E-state index contributed by atoms with van der Waals surface area (Å²) in [7, 11) is 0. The van der Waals surface area contributed by atoms with Crippen LogP contribution in [0.25, 0.3) is 0 Å². The van der Waals surface area contributed by atoms with E-state index in [4.69, 9.17) is 9.47 Å². The lowest BCUT2D eigenvalue weighted by atomic mass is 10.0. The minimum absolute atomic E-state index is 0.0561. The summed E-state index contributed by atoms with van der Waals surface area (Å²) in [6, 6.07) is 16.8. The monoisotopic (exact) mass is 537 g/mol. The van der Waals surface area contributed by atoms with Crippen LogP contribution in [0.5, 0.6) is 0 Å². The maximum atomic E-state index is 13.8. The lowest BCUT2D eigenvalue weighted by molar-refractivity contribution is -0.163. The van der Waals surface area contributed by atoms with E-state index in [0.29, 0.717) is 19.4 Å². The summed E-state index contributed by atoms with van der Waals surface area (Å²) < 4.78 is 10.8. The fraction of sp³-hybridized carbons (Fsp3) is 0.467. The largest absolute Gasteiger partial charge is 0.458 e. The molecule has 0 spiro atoms. The summed E-state index contributed by atoms with van der Waals surface area (Å²) in [6.07, 6.45) is 0.612. The van der Waals surface area contributed by atoms with E-state index in [9.17, 15) is 19.2 Å². The topological polar surface area (TPSA) is 114 Å². The van der Waals surface area contributed by atoms with Crippen LogP contribution in [0.2, 0.25) is 0 Å². The van der Waals surface area contributed by atoms with E-state index in [-0.39, 0.29) is 18.9 Å². The number of hydrogen-bond donors (Lipinski definition) is 2. The molecule has 1 saturated heterocycles. The third kappa shape index (κ3) is 8.84. The Morgan fingerprint density at radius 3 is 2.10 bits per heavy atom. The standard InChI is InChI=1S/C30H39N3O6/c1-29(2,3)39-26(35)24-17-12-18-33(24)25(34)23(19-21-13-8-6-9-14-21)31-27(36)30(4,5)32-28(37)38-20-22-15-10-7-11-16-22/h6-11,13-16,23-24H,12,17-20H2,1-5H3,(H,31,36)(H,32,37)/t23-,24+/m0/s1. The number of esters is 1. The predicted octanol–water partition coefficient (Wildman–Crippen LogP) is 3.75. The second-order valence-electron chi connectivity index (χ2n) is 11.3. The number of alkyl carbamates (subject to hydrolysis) is 1. The summed E-state index contributed by atoms with van der Waals surface area (Å²) in [5.41, 5.74) is -0.402. The minimum Gasteiger partial charge on any atom is -0.458 e. The van der Waals surface area contributed by atoms with Gasteiger partial charge < -0.3 is 25.0 Å². The van der Waals surface area contributed by atoms with Gasteiger partial charge in [-0.05, 0) is 58.6 Å².